The molecule has 4 heterocycles. The molecule has 10 nitrogen and oxygen atoms in total. The van der Waals surface area contributed by atoms with Gasteiger partial charge in [-0.25, -0.2) is 0 Å². The molecule has 10 heteroatoms. The van der Waals surface area contributed by atoms with E-state index in [4.69, 9.17) is 15.2 Å². The molecule has 4 aliphatic heterocycles. The number of hydrogen-bond donors (Lipinski definition) is 3. The zero-order chi connectivity index (χ0) is 24.5. The van der Waals surface area contributed by atoms with Crippen molar-refractivity contribution in [3.8, 4) is 11.5 Å². The van der Waals surface area contributed by atoms with E-state index < -0.39 is 35.2 Å². The lowest BCUT2D eigenvalue weighted by atomic mass is 9.76. The van der Waals surface area contributed by atoms with E-state index >= 15 is 0 Å². The lowest BCUT2D eigenvalue weighted by Crippen LogP contribution is -2.53. The molecule has 2 aromatic carbocycles. The van der Waals surface area contributed by atoms with Crippen LogP contribution < -0.4 is 25.8 Å². The van der Waals surface area contributed by atoms with Gasteiger partial charge in [0.25, 0.3) is 0 Å². The van der Waals surface area contributed by atoms with Gasteiger partial charge in [0.05, 0.1) is 18.4 Å². The Morgan fingerprint density at radius 3 is 2.71 bits per heavy atom. The highest BCUT2D eigenvalue weighted by atomic mass is 16.7. The summed E-state index contributed by atoms with van der Waals surface area (Å²) in [6.45, 7) is 2.07. The summed E-state index contributed by atoms with van der Waals surface area (Å²) < 4.78 is 10.8. The summed E-state index contributed by atoms with van der Waals surface area (Å²) in [5.41, 5.74) is 6.87. The zero-order valence-corrected chi connectivity index (χ0v) is 19.0. The number of nitrogens with one attached hydrogen (secondary N) is 2. The van der Waals surface area contributed by atoms with Crippen LogP contribution in [-0.2, 0) is 31.3 Å². The molecule has 0 aliphatic carbocycles. The number of primary amides is 1. The van der Waals surface area contributed by atoms with Gasteiger partial charge in [0.1, 0.15) is 5.54 Å². The minimum atomic E-state index is -1.40. The second kappa shape index (κ2) is 7.54. The normalized spacial score (nSPS) is 28.0. The number of rotatable bonds is 5. The van der Waals surface area contributed by atoms with Crippen molar-refractivity contribution in [3.63, 3.8) is 0 Å². The van der Waals surface area contributed by atoms with Crippen molar-refractivity contribution in [1.82, 2.24) is 10.2 Å². The third kappa shape index (κ3) is 3.06. The molecule has 0 radical (unpaired) electrons. The van der Waals surface area contributed by atoms with Gasteiger partial charge >= 0.3 is 0 Å². The van der Waals surface area contributed by atoms with Crippen LogP contribution >= 0.6 is 0 Å². The minimum Gasteiger partial charge on any atom is -0.454 e. The Kier molecular flexibility index (Phi) is 4.65. The topological polar surface area (TPSA) is 140 Å². The van der Waals surface area contributed by atoms with Crippen molar-refractivity contribution in [1.29, 1.82) is 0 Å². The highest BCUT2D eigenvalue weighted by Gasteiger charge is 2.70. The van der Waals surface area contributed by atoms with E-state index in [0.717, 1.165) is 5.56 Å². The Balaban J connectivity index is 1.40. The molecule has 0 saturated carbocycles. The van der Waals surface area contributed by atoms with Gasteiger partial charge in [-0.2, -0.15) is 0 Å². The Labute approximate surface area is 200 Å². The van der Waals surface area contributed by atoms with Crippen LogP contribution in [0, 0.1) is 18.8 Å². The molecular formula is C25H24N4O6. The van der Waals surface area contributed by atoms with Crippen LogP contribution in [0.4, 0.5) is 5.69 Å². The minimum absolute atomic E-state index is 0.0306. The highest BCUT2D eigenvalue weighted by Crippen LogP contribution is 2.54. The van der Waals surface area contributed by atoms with Gasteiger partial charge in [-0.3, -0.25) is 29.4 Å². The molecule has 6 rings (SSSR count). The fourth-order valence-electron chi connectivity index (χ4n) is 5.90. The smallest absolute Gasteiger partial charge is 0.250 e. The number of hydrogen-bond acceptors (Lipinski definition) is 7. The molecule has 4 aliphatic rings. The number of likely N-dealkylation sites (tertiary alicyclic amines) is 1. The van der Waals surface area contributed by atoms with Gasteiger partial charge in [0, 0.05) is 23.7 Å². The number of aryl methyl sites for hydroxylation is 1. The summed E-state index contributed by atoms with van der Waals surface area (Å²) in [5.74, 6) is -2.25. The molecule has 4 amide bonds. The van der Waals surface area contributed by atoms with Crippen molar-refractivity contribution in [2.75, 3.05) is 12.1 Å². The third-order valence-electron chi connectivity index (χ3n) is 7.44. The van der Waals surface area contributed by atoms with Crippen LogP contribution in [0.3, 0.4) is 0 Å². The van der Waals surface area contributed by atoms with Crippen LogP contribution in [0.5, 0.6) is 11.5 Å². The number of ether oxygens (including phenoxy) is 2. The predicted molar refractivity (Wildman–Crippen MR) is 122 cm³/mol. The molecule has 4 N–H and O–H groups in total. The average molecular weight is 476 g/mol. The molecule has 0 bridgehead atoms. The number of amides is 4. The molecule has 2 saturated heterocycles. The second-order valence-corrected chi connectivity index (χ2v) is 9.52. The number of nitrogens with two attached hydrogens (primary N) is 1. The van der Waals surface area contributed by atoms with Crippen molar-refractivity contribution < 1.29 is 28.7 Å². The lowest BCUT2D eigenvalue weighted by molar-refractivity contribution is -0.143. The summed E-state index contributed by atoms with van der Waals surface area (Å²) >= 11 is 0. The molecular weight excluding hydrogens is 452 g/mol. The van der Waals surface area contributed by atoms with Crippen molar-refractivity contribution in [2.45, 2.75) is 37.9 Å². The fraction of sp³-hybridized carbons (Fsp3) is 0.360. The fourth-order valence-corrected chi connectivity index (χ4v) is 5.90. The maximum Gasteiger partial charge on any atom is 0.250 e. The Morgan fingerprint density at radius 2 is 1.91 bits per heavy atom. The summed E-state index contributed by atoms with van der Waals surface area (Å²) in [7, 11) is 0. The highest BCUT2D eigenvalue weighted by molar-refractivity contribution is 6.15. The first-order chi connectivity index (χ1) is 16.8. The van der Waals surface area contributed by atoms with E-state index in [2.05, 4.69) is 10.6 Å². The molecule has 2 fully saturated rings. The number of imide groups is 1. The van der Waals surface area contributed by atoms with Crippen molar-refractivity contribution >= 4 is 29.3 Å². The van der Waals surface area contributed by atoms with E-state index in [0.29, 0.717) is 28.3 Å². The molecule has 0 aromatic heterocycles. The van der Waals surface area contributed by atoms with E-state index in [-0.39, 0.29) is 38.0 Å². The first kappa shape index (κ1) is 21.6. The van der Waals surface area contributed by atoms with Gasteiger partial charge in [-0.15, -0.1) is 0 Å². The van der Waals surface area contributed by atoms with Gasteiger partial charge in [0.2, 0.25) is 30.4 Å². The molecule has 180 valence electrons. The van der Waals surface area contributed by atoms with Gasteiger partial charge in [-0.1, -0.05) is 23.8 Å². The molecule has 0 unspecified atom stereocenters. The maximum atomic E-state index is 13.9. The maximum absolute atomic E-state index is 13.9. The summed E-state index contributed by atoms with van der Waals surface area (Å²) in [6, 6.07) is 10.2. The lowest BCUT2D eigenvalue weighted by Gasteiger charge is -2.29. The molecule has 2 aromatic rings. The summed E-state index contributed by atoms with van der Waals surface area (Å²) in [6.07, 6.45) is 0.270. The van der Waals surface area contributed by atoms with E-state index in [1.165, 1.54) is 4.90 Å². The summed E-state index contributed by atoms with van der Waals surface area (Å²) in [5, 5.41) is 6.19. The first-order valence-corrected chi connectivity index (χ1v) is 11.5. The SMILES string of the molecule is Cc1ccc2c(c1)[C@]1(N[C@H](CCC(N)=O)[C@H]3C(=O)N(Cc4ccc5c(c4)OCO5)C(=O)[C@H]31)C(=O)N2. The monoisotopic (exact) mass is 476 g/mol. The van der Waals surface area contributed by atoms with Gasteiger partial charge in [-0.05, 0) is 37.1 Å². The van der Waals surface area contributed by atoms with Crippen molar-refractivity contribution in [3.05, 3.63) is 53.1 Å². The van der Waals surface area contributed by atoms with Crippen LogP contribution in [0.15, 0.2) is 36.4 Å². The number of carbonyl (C=O) groups is 4. The number of nitrogens with zero attached hydrogens (tertiary/aromatic N) is 1. The van der Waals surface area contributed by atoms with E-state index in [9.17, 15) is 19.2 Å². The second-order valence-electron chi connectivity index (χ2n) is 9.52. The van der Waals surface area contributed by atoms with Gasteiger partial charge in [0.15, 0.2) is 11.5 Å². The van der Waals surface area contributed by atoms with Crippen LogP contribution in [0.2, 0.25) is 0 Å². The van der Waals surface area contributed by atoms with E-state index in [1.54, 1.807) is 24.3 Å². The van der Waals surface area contributed by atoms with Crippen LogP contribution in [-0.4, -0.2) is 41.4 Å². The Bertz CT molecular complexity index is 1310. The predicted octanol–water partition coefficient (Wildman–Crippen LogP) is 0.910. The standard InChI is InChI=1S/C25H24N4O6/c1-12-2-4-15-14(8-12)25(24(33)27-15)21-20(16(28-25)5-7-19(26)30)22(31)29(23(21)32)10-13-3-6-17-18(9-13)35-11-34-17/h2-4,6,8-9,16,20-21,28H,5,7,10-11H2,1H3,(H2,26,30)(H,27,33)/t16-,20-,21+,25-/m1/s1. The Hall–Kier alpha value is -3.92. The van der Waals surface area contributed by atoms with Gasteiger partial charge < -0.3 is 20.5 Å². The van der Waals surface area contributed by atoms with Crippen molar-refractivity contribution in [2.24, 2.45) is 17.6 Å². The molecule has 1 spiro atoms. The number of fused-ring (bicyclic) bond motifs is 5. The van der Waals surface area contributed by atoms with E-state index in [1.807, 2.05) is 19.1 Å². The Morgan fingerprint density at radius 1 is 1.11 bits per heavy atom. The quantitative estimate of drug-likeness (QED) is 0.545. The first-order valence-electron chi connectivity index (χ1n) is 11.5. The number of benzene rings is 2. The largest absolute Gasteiger partial charge is 0.454 e. The van der Waals surface area contributed by atoms with Crippen LogP contribution in [0.25, 0.3) is 0 Å². The number of carbonyl (C=O) groups excluding carboxylic acids is 4. The average Bonchev–Trinajstić information content (AvgIpc) is 3.55. The third-order valence-corrected chi connectivity index (χ3v) is 7.44. The molecule has 4 atom stereocenters. The van der Waals surface area contributed by atoms with Crippen LogP contribution in [0.1, 0.15) is 29.5 Å². The summed E-state index contributed by atoms with van der Waals surface area (Å²) in [4.78, 5) is 53.8. The number of anilines is 1. The molecule has 35 heavy (non-hydrogen) atoms. The zero-order valence-electron chi connectivity index (χ0n) is 19.0.